The van der Waals surface area contributed by atoms with Crippen LogP contribution in [-0.4, -0.2) is 45.4 Å². The van der Waals surface area contributed by atoms with Gasteiger partial charge in [0.25, 0.3) is 5.91 Å². The smallest absolute Gasteiger partial charge is 0.301 e. The number of aromatic amines is 1. The molecular weight excluding hydrogens is 534 g/mol. The molecule has 0 aliphatic rings. The van der Waals surface area contributed by atoms with Gasteiger partial charge in [0.2, 0.25) is 10.3 Å². The van der Waals surface area contributed by atoms with Crippen LogP contribution < -0.4 is 10.9 Å². The molecule has 0 unspecified atom stereocenters. The van der Waals surface area contributed by atoms with E-state index in [1.54, 1.807) is 29.8 Å². The van der Waals surface area contributed by atoms with Crippen LogP contribution in [0.4, 0.5) is 10.8 Å². The molecule has 0 saturated heterocycles. The first-order valence-electron chi connectivity index (χ1n) is 11.9. The van der Waals surface area contributed by atoms with Crippen molar-refractivity contribution in [3.05, 3.63) is 100 Å². The van der Waals surface area contributed by atoms with Crippen molar-refractivity contribution >= 4 is 39.4 Å². The number of thiazole rings is 2. The number of carbonyl (C=O) groups is 1. The summed E-state index contributed by atoms with van der Waals surface area (Å²) in [5.41, 5.74) is 3.13. The van der Waals surface area contributed by atoms with Gasteiger partial charge in [0, 0.05) is 40.2 Å². The van der Waals surface area contributed by atoms with Crippen LogP contribution in [-0.2, 0) is 4.74 Å². The van der Waals surface area contributed by atoms with E-state index in [4.69, 9.17) is 4.74 Å². The maximum atomic E-state index is 13.4. The van der Waals surface area contributed by atoms with Crippen LogP contribution in [0.2, 0.25) is 0 Å². The number of hydrogen-bond donors (Lipinski definition) is 2. The molecule has 0 aliphatic carbocycles. The standard InChI is InChI=1S/C27H23N7O3S2/c1-2-14-37-15-12-28-24(35)20-10-8-18(9-11-20)21-17-39-27(30-21)34-25(36)23(31-32-26-29-13-16-38-26)22(33-34)19-6-4-3-5-7-19/h2-11,13,16-17,33H,1,12,14-15H2,(H,28,35). The van der Waals surface area contributed by atoms with E-state index in [0.717, 1.165) is 11.1 Å². The van der Waals surface area contributed by atoms with Crippen molar-refractivity contribution in [2.75, 3.05) is 19.8 Å². The maximum absolute atomic E-state index is 13.4. The number of H-pyrrole nitrogens is 1. The third kappa shape index (κ3) is 6.14. The van der Waals surface area contributed by atoms with Gasteiger partial charge < -0.3 is 10.1 Å². The van der Waals surface area contributed by atoms with E-state index in [2.05, 4.69) is 37.2 Å². The van der Waals surface area contributed by atoms with Crippen molar-refractivity contribution < 1.29 is 9.53 Å². The fraction of sp³-hybridized carbons (Fsp3) is 0.111. The highest BCUT2D eigenvalue weighted by atomic mass is 32.1. The zero-order valence-electron chi connectivity index (χ0n) is 20.6. The minimum absolute atomic E-state index is 0.165. The number of nitrogens with one attached hydrogen (secondary N) is 2. The van der Waals surface area contributed by atoms with Gasteiger partial charge in [0.05, 0.1) is 24.6 Å². The number of amides is 1. The first-order valence-corrected chi connectivity index (χ1v) is 13.6. The van der Waals surface area contributed by atoms with E-state index < -0.39 is 0 Å². The highest BCUT2D eigenvalue weighted by molar-refractivity contribution is 7.13. The number of rotatable bonds is 11. The molecule has 39 heavy (non-hydrogen) atoms. The maximum Gasteiger partial charge on any atom is 0.301 e. The number of nitrogens with zero attached hydrogens (tertiary/aromatic N) is 5. The molecule has 0 radical (unpaired) electrons. The normalized spacial score (nSPS) is 11.2. The van der Waals surface area contributed by atoms with Crippen molar-refractivity contribution in [1.29, 1.82) is 0 Å². The summed E-state index contributed by atoms with van der Waals surface area (Å²) in [5, 5.41) is 18.9. The summed E-state index contributed by atoms with van der Waals surface area (Å²) in [6.45, 7) is 4.85. The van der Waals surface area contributed by atoms with E-state index in [9.17, 15) is 9.59 Å². The monoisotopic (exact) mass is 557 g/mol. The predicted molar refractivity (Wildman–Crippen MR) is 153 cm³/mol. The van der Waals surface area contributed by atoms with Crippen molar-refractivity contribution in [3.8, 4) is 27.6 Å². The van der Waals surface area contributed by atoms with Gasteiger partial charge in [-0.15, -0.1) is 39.5 Å². The van der Waals surface area contributed by atoms with Crippen LogP contribution in [0.15, 0.2) is 99.2 Å². The van der Waals surface area contributed by atoms with Gasteiger partial charge in [-0.3, -0.25) is 14.7 Å². The third-order valence-electron chi connectivity index (χ3n) is 5.48. The summed E-state index contributed by atoms with van der Waals surface area (Å²) in [7, 11) is 0. The van der Waals surface area contributed by atoms with E-state index in [1.165, 1.54) is 27.4 Å². The second kappa shape index (κ2) is 12.3. The van der Waals surface area contributed by atoms with Crippen LogP contribution in [0.25, 0.3) is 27.6 Å². The quantitative estimate of drug-likeness (QED) is 0.121. The molecule has 0 fully saturated rings. The van der Waals surface area contributed by atoms with Gasteiger partial charge in [-0.1, -0.05) is 48.5 Å². The Balaban J connectivity index is 1.38. The lowest BCUT2D eigenvalue weighted by Crippen LogP contribution is -2.27. The van der Waals surface area contributed by atoms with Crippen LogP contribution in [0, 0.1) is 0 Å². The molecule has 5 rings (SSSR count). The van der Waals surface area contributed by atoms with Crippen molar-refractivity contribution in [2.45, 2.75) is 0 Å². The molecule has 10 nitrogen and oxygen atoms in total. The molecular formula is C27H23N7O3S2. The molecule has 12 heteroatoms. The highest BCUT2D eigenvalue weighted by Gasteiger charge is 2.19. The minimum atomic E-state index is -0.376. The summed E-state index contributed by atoms with van der Waals surface area (Å²) >= 11 is 2.64. The number of azo groups is 1. The molecule has 0 bridgehead atoms. The lowest BCUT2D eigenvalue weighted by atomic mass is 10.1. The molecule has 3 aromatic heterocycles. The van der Waals surface area contributed by atoms with E-state index >= 15 is 0 Å². The van der Waals surface area contributed by atoms with Crippen molar-refractivity contribution in [2.24, 2.45) is 10.2 Å². The molecule has 3 heterocycles. The van der Waals surface area contributed by atoms with Gasteiger partial charge in [0.15, 0.2) is 5.69 Å². The summed E-state index contributed by atoms with van der Waals surface area (Å²) in [5.74, 6) is -0.187. The molecule has 1 amide bonds. The third-order valence-corrected chi connectivity index (χ3v) is 6.96. The Morgan fingerprint density at radius 3 is 2.67 bits per heavy atom. The van der Waals surface area contributed by atoms with Gasteiger partial charge in [0.1, 0.15) is 0 Å². The summed E-state index contributed by atoms with van der Waals surface area (Å²) in [6, 6.07) is 16.6. The predicted octanol–water partition coefficient (Wildman–Crippen LogP) is 5.76. The topological polar surface area (TPSA) is 127 Å². The molecule has 2 aromatic carbocycles. The van der Waals surface area contributed by atoms with E-state index in [1.807, 2.05) is 47.8 Å². The van der Waals surface area contributed by atoms with E-state index in [-0.39, 0.29) is 17.2 Å². The molecule has 5 aromatic rings. The fourth-order valence-electron chi connectivity index (χ4n) is 3.62. The summed E-state index contributed by atoms with van der Waals surface area (Å²) < 4.78 is 6.64. The Bertz CT molecular complexity index is 1640. The molecule has 0 spiro atoms. The largest absolute Gasteiger partial charge is 0.376 e. The number of ether oxygens (including phenoxy) is 1. The molecule has 0 atom stereocenters. The second-order valence-electron chi connectivity index (χ2n) is 8.07. The summed E-state index contributed by atoms with van der Waals surface area (Å²) in [4.78, 5) is 34.5. The average Bonchev–Trinajstić information content (AvgIpc) is 3.73. The number of hydrogen-bond acceptors (Lipinski definition) is 9. The molecule has 196 valence electrons. The Kier molecular flexibility index (Phi) is 8.26. The van der Waals surface area contributed by atoms with Crippen LogP contribution in [0.3, 0.4) is 0 Å². The first-order chi connectivity index (χ1) is 19.1. The SMILES string of the molecule is C=CCOCCNC(=O)c1ccc(-c2csc(-n3[nH]c(-c4ccccc4)c(N=Nc4nccs4)c3=O)n2)cc1. The fourth-order valence-corrected chi connectivity index (χ4v) is 4.86. The Labute approximate surface area is 231 Å². The zero-order chi connectivity index (χ0) is 27.0. The minimum Gasteiger partial charge on any atom is -0.376 e. The molecule has 2 N–H and O–H groups in total. The number of benzene rings is 2. The van der Waals surface area contributed by atoms with E-state index in [0.29, 0.717) is 47.0 Å². The Morgan fingerprint density at radius 2 is 1.92 bits per heavy atom. The highest BCUT2D eigenvalue weighted by Crippen LogP contribution is 2.30. The second-order valence-corrected chi connectivity index (χ2v) is 9.78. The lowest BCUT2D eigenvalue weighted by molar-refractivity contribution is 0.0928. The van der Waals surface area contributed by atoms with Gasteiger partial charge in [-0.2, -0.15) is 4.68 Å². The summed E-state index contributed by atoms with van der Waals surface area (Å²) in [6.07, 6.45) is 3.29. The van der Waals surface area contributed by atoms with Crippen LogP contribution in [0.5, 0.6) is 0 Å². The number of carbonyl (C=O) groups excluding carboxylic acids is 1. The average molecular weight is 558 g/mol. The Hall–Kier alpha value is -4.52. The van der Waals surface area contributed by atoms with Gasteiger partial charge in [-0.05, 0) is 12.1 Å². The van der Waals surface area contributed by atoms with Crippen molar-refractivity contribution in [3.63, 3.8) is 0 Å². The first kappa shape index (κ1) is 26.1. The lowest BCUT2D eigenvalue weighted by Gasteiger charge is -2.06. The van der Waals surface area contributed by atoms with Crippen LogP contribution >= 0.6 is 22.7 Å². The molecule has 0 saturated carbocycles. The number of aromatic nitrogens is 4. The zero-order valence-corrected chi connectivity index (χ0v) is 22.2. The van der Waals surface area contributed by atoms with Gasteiger partial charge >= 0.3 is 5.56 Å². The van der Waals surface area contributed by atoms with Gasteiger partial charge in [-0.25, -0.2) is 9.97 Å². The van der Waals surface area contributed by atoms with Crippen molar-refractivity contribution in [1.82, 2.24) is 25.1 Å². The molecule has 0 aliphatic heterocycles. The van der Waals surface area contributed by atoms with Crippen LogP contribution in [0.1, 0.15) is 10.4 Å². The Morgan fingerprint density at radius 1 is 1.10 bits per heavy atom.